The lowest BCUT2D eigenvalue weighted by Crippen LogP contribution is -2.47. The summed E-state index contributed by atoms with van der Waals surface area (Å²) in [5.74, 6) is 0.812. The van der Waals surface area contributed by atoms with Crippen LogP contribution in [0.25, 0.3) is 0 Å². The minimum atomic E-state index is -0.0330. The van der Waals surface area contributed by atoms with Gasteiger partial charge in [-0.2, -0.15) is 0 Å². The summed E-state index contributed by atoms with van der Waals surface area (Å²) in [6.07, 6.45) is 5.99. The van der Waals surface area contributed by atoms with Gasteiger partial charge in [-0.05, 0) is 36.6 Å². The maximum absolute atomic E-state index is 9.72. The van der Waals surface area contributed by atoms with Gasteiger partial charge in [0.05, 0.1) is 6.61 Å². The van der Waals surface area contributed by atoms with Gasteiger partial charge in [-0.25, -0.2) is 0 Å². The van der Waals surface area contributed by atoms with Crippen LogP contribution in [0, 0.1) is 5.92 Å². The summed E-state index contributed by atoms with van der Waals surface area (Å²) in [7, 11) is 0. The molecular formula is C14H23NOS. The first kappa shape index (κ1) is 13.1. The van der Waals surface area contributed by atoms with Gasteiger partial charge in [-0.3, -0.25) is 0 Å². The number of aliphatic hydroxyl groups excluding tert-OH is 1. The molecule has 1 fully saturated rings. The number of aliphatic hydroxyl groups is 1. The highest BCUT2D eigenvalue weighted by atomic mass is 32.1. The van der Waals surface area contributed by atoms with Crippen molar-refractivity contribution in [2.45, 2.75) is 51.1 Å². The number of thiophene rings is 1. The molecule has 1 aliphatic carbocycles. The third-order valence-electron chi connectivity index (χ3n) is 3.99. The van der Waals surface area contributed by atoms with E-state index in [1.54, 1.807) is 11.3 Å². The van der Waals surface area contributed by atoms with E-state index in [2.05, 4.69) is 29.8 Å². The first-order chi connectivity index (χ1) is 8.24. The van der Waals surface area contributed by atoms with Gasteiger partial charge in [-0.15, -0.1) is 11.3 Å². The van der Waals surface area contributed by atoms with E-state index in [-0.39, 0.29) is 12.1 Å². The number of hydrogen-bond acceptors (Lipinski definition) is 3. The molecule has 2 rings (SSSR count). The predicted molar refractivity (Wildman–Crippen MR) is 73.2 cm³/mol. The average molecular weight is 253 g/mol. The molecule has 0 aliphatic heterocycles. The zero-order valence-corrected chi connectivity index (χ0v) is 11.4. The summed E-state index contributed by atoms with van der Waals surface area (Å²) >= 11 is 1.78. The Morgan fingerprint density at radius 2 is 2.35 bits per heavy atom. The van der Waals surface area contributed by atoms with Crippen molar-refractivity contribution in [3.05, 3.63) is 22.4 Å². The highest BCUT2D eigenvalue weighted by Crippen LogP contribution is 2.30. The number of rotatable bonds is 4. The Kier molecular flexibility index (Phi) is 4.60. The summed E-state index contributed by atoms with van der Waals surface area (Å²) in [5.41, 5.74) is -0.0330. The maximum Gasteiger partial charge on any atom is 0.0613 e. The molecule has 2 nitrogen and oxygen atoms in total. The van der Waals surface area contributed by atoms with Crippen LogP contribution in [0.1, 0.15) is 43.9 Å². The van der Waals surface area contributed by atoms with Crippen LogP contribution < -0.4 is 5.32 Å². The van der Waals surface area contributed by atoms with Crippen molar-refractivity contribution in [2.24, 2.45) is 5.92 Å². The zero-order valence-electron chi connectivity index (χ0n) is 10.6. The molecule has 1 saturated carbocycles. The van der Waals surface area contributed by atoms with Crippen LogP contribution in [-0.4, -0.2) is 17.3 Å². The lowest BCUT2D eigenvalue weighted by molar-refractivity contribution is 0.141. The first-order valence-corrected chi connectivity index (χ1v) is 7.50. The van der Waals surface area contributed by atoms with Gasteiger partial charge in [0.15, 0.2) is 0 Å². The van der Waals surface area contributed by atoms with Crippen molar-refractivity contribution >= 4 is 11.3 Å². The van der Waals surface area contributed by atoms with Crippen LogP contribution in [0.2, 0.25) is 0 Å². The lowest BCUT2D eigenvalue weighted by Gasteiger charge is -2.32. The second kappa shape index (κ2) is 5.98. The predicted octanol–water partition coefficient (Wildman–Crippen LogP) is 3.17. The Bertz CT molecular complexity index is 325. The van der Waals surface area contributed by atoms with Crippen LogP contribution in [-0.2, 0) is 6.54 Å². The highest BCUT2D eigenvalue weighted by Gasteiger charge is 2.31. The summed E-state index contributed by atoms with van der Waals surface area (Å²) in [5, 5.41) is 15.4. The molecule has 17 heavy (non-hydrogen) atoms. The minimum absolute atomic E-state index is 0.0330. The van der Waals surface area contributed by atoms with E-state index in [0.717, 1.165) is 25.3 Å². The van der Waals surface area contributed by atoms with E-state index < -0.39 is 0 Å². The van der Waals surface area contributed by atoms with E-state index in [9.17, 15) is 5.11 Å². The monoisotopic (exact) mass is 253 g/mol. The molecule has 1 aromatic rings. The van der Waals surface area contributed by atoms with E-state index in [1.807, 2.05) is 0 Å². The van der Waals surface area contributed by atoms with Crippen molar-refractivity contribution < 1.29 is 5.11 Å². The molecule has 1 heterocycles. The molecule has 3 heteroatoms. The quantitative estimate of drug-likeness (QED) is 0.808. The molecular weight excluding hydrogens is 230 g/mol. The fourth-order valence-corrected chi connectivity index (χ4v) is 3.30. The number of nitrogens with one attached hydrogen (secondary N) is 1. The molecule has 96 valence electrons. The van der Waals surface area contributed by atoms with Crippen molar-refractivity contribution in [2.75, 3.05) is 6.61 Å². The van der Waals surface area contributed by atoms with Crippen molar-refractivity contribution in [1.29, 1.82) is 0 Å². The van der Waals surface area contributed by atoms with E-state index in [4.69, 9.17) is 0 Å². The molecule has 1 aliphatic rings. The topological polar surface area (TPSA) is 32.3 Å². The molecule has 2 atom stereocenters. The lowest BCUT2D eigenvalue weighted by atomic mass is 9.90. The van der Waals surface area contributed by atoms with E-state index in [0.29, 0.717) is 0 Å². The van der Waals surface area contributed by atoms with Crippen LogP contribution in [0.4, 0.5) is 0 Å². The fraction of sp³-hybridized carbons (Fsp3) is 0.714. The normalized spacial score (nSPS) is 30.1. The first-order valence-electron chi connectivity index (χ1n) is 6.62. The Morgan fingerprint density at radius 3 is 3.06 bits per heavy atom. The molecule has 0 amide bonds. The Labute approximate surface area is 108 Å². The van der Waals surface area contributed by atoms with Gasteiger partial charge in [0.25, 0.3) is 0 Å². The molecule has 0 saturated heterocycles. The van der Waals surface area contributed by atoms with Crippen molar-refractivity contribution in [3.63, 3.8) is 0 Å². The van der Waals surface area contributed by atoms with Gasteiger partial charge >= 0.3 is 0 Å². The van der Waals surface area contributed by atoms with Gasteiger partial charge < -0.3 is 10.4 Å². The molecule has 0 aromatic carbocycles. The SMILES string of the molecule is CC1CCCC(CO)(NCc2cccs2)CC1. The smallest absolute Gasteiger partial charge is 0.0613 e. The van der Waals surface area contributed by atoms with Crippen LogP contribution in [0.5, 0.6) is 0 Å². The second-order valence-electron chi connectivity index (χ2n) is 5.41. The standard InChI is InChI=1S/C14H23NOS/c1-12-4-2-7-14(11-16,8-6-12)15-10-13-5-3-9-17-13/h3,5,9,12,15-16H,2,4,6-8,10-11H2,1H3. The van der Waals surface area contributed by atoms with Gasteiger partial charge in [-0.1, -0.05) is 25.8 Å². The highest BCUT2D eigenvalue weighted by molar-refractivity contribution is 7.09. The van der Waals surface area contributed by atoms with Gasteiger partial charge in [0.2, 0.25) is 0 Å². The Hall–Kier alpha value is -0.380. The maximum atomic E-state index is 9.72. The van der Waals surface area contributed by atoms with Crippen LogP contribution in [0.15, 0.2) is 17.5 Å². The van der Waals surface area contributed by atoms with E-state index in [1.165, 1.54) is 24.1 Å². The molecule has 2 N–H and O–H groups in total. The van der Waals surface area contributed by atoms with Crippen molar-refractivity contribution in [3.8, 4) is 0 Å². The van der Waals surface area contributed by atoms with Crippen LogP contribution in [0.3, 0.4) is 0 Å². The summed E-state index contributed by atoms with van der Waals surface area (Å²) < 4.78 is 0. The summed E-state index contributed by atoms with van der Waals surface area (Å²) in [6, 6.07) is 4.24. The minimum Gasteiger partial charge on any atom is -0.394 e. The van der Waals surface area contributed by atoms with Crippen molar-refractivity contribution in [1.82, 2.24) is 5.32 Å². The fourth-order valence-electron chi connectivity index (χ4n) is 2.66. The molecule has 0 spiro atoms. The summed E-state index contributed by atoms with van der Waals surface area (Å²) in [6.45, 7) is 3.49. The third kappa shape index (κ3) is 3.54. The van der Waals surface area contributed by atoms with Gasteiger partial charge in [0, 0.05) is 17.0 Å². The third-order valence-corrected chi connectivity index (χ3v) is 4.86. The number of hydrogen-bond donors (Lipinski definition) is 2. The Balaban J connectivity index is 1.93. The zero-order chi connectivity index (χ0) is 12.1. The molecule has 1 aromatic heterocycles. The molecule has 0 bridgehead atoms. The van der Waals surface area contributed by atoms with Gasteiger partial charge in [0.1, 0.15) is 0 Å². The Morgan fingerprint density at radius 1 is 1.47 bits per heavy atom. The largest absolute Gasteiger partial charge is 0.394 e. The molecule has 0 radical (unpaired) electrons. The molecule has 2 unspecified atom stereocenters. The van der Waals surface area contributed by atoms with Crippen LogP contribution >= 0.6 is 11.3 Å². The summed E-state index contributed by atoms with van der Waals surface area (Å²) in [4.78, 5) is 1.36. The second-order valence-corrected chi connectivity index (χ2v) is 6.44. The average Bonchev–Trinajstić information content (AvgIpc) is 2.79. The van der Waals surface area contributed by atoms with E-state index >= 15 is 0 Å².